The summed E-state index contributed by atoms with van der Waals surface area (Å²) in [4.78, 5) is 24.9. The van der Waals surface area contributed by atoms with E-state index in [1.807, 2.05) is 42.5 Å². The summed E-state index contributed by atoms with van der Waals surface area (Å²) in [6.45, 7) is 0. The smallest absolute Gasteiger partial charge is 0.160 e. The first-order valence-electron chi connectivity index (χ1n) is 15.9. The van der Waals surface area contributed by atoms with Gasteiger partial charge in [-0.15, -0.1) is 0 Å². The van der Waals surface area contributed by atoms with Crippen LogP contribution in [0.5, 0.6) is 0 Å². The van der Waals surface area contributed by atoms with E-state index >= 15 is 0 Å². The number of pyridine rings is 3. The molecule has 0 aliphatic heterocycles. The van der Waals surface area contributed by atoms with Gasteiger partial charge < -0.3 is 0 Å². The van der Waals surface area contributed by atoms with Crippen molar-refractivity contribution < 1.29 is 0 Å². The third-order valence-corrected chi connectivity index (χ3v) is 8.71. The highest BCUT2D eigenvalue weighted by atomic mass is 14.9. The molecule has 0 bridgehead atoms. The second-order valence-electron chi connectivity index (χ2n) is 11.8. The third-order valence-electron chi connectivity index (χ3n) is 8.71. The number of benzene rings is 5. The maximum Gasteiger partial charge on any atom is 0.160 e. The van der Waals surface area contributed by atoms with Crippen molar-refractivity contribution in [3.63, 3.8) is 0 Å². The van der Waals surface area contributed by atoms with E-state index in [0.29, 0.717) is 5.82 Å². The summed E-state index contributed by atoms with van der Waals surface area (Å²) in [7, 11) is 0. The quantitative estimate of drug-likeness (QED) is 0.181. The van der Waals surface area contributed by atoms with E-state index < -0.39 is 0 Å². The fourth-order valence-corrected chi connectivity index (χ4v) is 6.31. The molecule has 5 aromatic carbocycles. The fraction of sp³-hybridized carbons (Fsp3) is 0. The molecule has 0 amide bonds. The molecule has 48 heavy (non-hydrogen) atoms. The van der Waals surface area contributed by atoms with E-state index in [1.165, 1.54) is 0 Å². The number of fused-ring (bicyclic) bond motifs is 4. The summed E-state index contributed by atoms with van der Waals surface area (Å²) < 4.78 is 0. The number of nitrogens with zero attached hydrogens (tertiary/aromatic N) is 5. The monoisotopic (exact) mass is 613 g/mol. The average Bonchev–Trinajstić information content (AvgIpc) is 3.18. The molecule has 0 unspecified atom stereocenters. The minimum atomic E-state index is 0.692. The molecule has 9 rings (SSSR count). The Morgan fingerprint density at radius 3 is 1.79 bits per heavy atom. The largest absolute Gasteiger partial charge is 0.255 e. The molecule has 5 heteroatoms. The maximum atomic E-state index is 5.19. The van der Waals surface area contributed by atoms with Gasteiger partial charge in [0.25, 0.3) is 0 Å². The van der Waals surface area contributed by atoms with Gasteiger partial charge in [-0.2, -0.15) is 0 Å². The number of hydrogen-bond acceptors (Lipinski definition) is 5. The Bertz CT molecular complexity index is 2620. The summed E-state index contributed by atoms with van der Waals surface area (Å²) in [5.74, 6) is 0.692. The van der Waals surface area contributed by atoms with Gasteiger partial charge >= 0.3 is 0 Å². The highest BCUT2D eigenvalue weighted by molar-refractivity contribution is 6.04. The van der Waals surface area contributed by atoms with Gasteiger partial charge in [-0.3, -0.25) is 4.98 Å². The molecule has 0 saturated carbocycles. The molecule has 4 heterocycles. The van der Waals surface area contributed by atoms with E-state index in [4.69, 9.17) is 19.9 Å². The second kappa shape index (κ2) is 11.6. The molecule has 0 N–H and O–H groups in total. The molecule has 0 aliphatic rings. The van der Waals surface area contributed by atoms with Crippen molar-refractivity contribution in [3.8, 4) is 56.4 Å². The molecule has 0 saturated heterocycles. The minimum Gasteiger partial charge on any atom is -0.255 e. The molecule has 0 radical (unpaired) electrons. The molecular weight excluding hydrogens is 587 g/mol. The van der Waals surface area contributed by atoms with Crippen LogP contribution in [0.25, 0.3) is 89.1 Å². The van der Waals surface area contributed by atoms with Gasteiger partial charge in [0.15, 0.2) is 5.82 Å². The maximum absolute atomic E-state index is 5.19. The van der Waals surface area contributed by atoms with Crippen LogP contribution in [-0.2, 0) is 0 Å². The number of rotatable bonds is 5. The van der Waals surface area contributed by atoms with Crippen molar-refractivity contribution in [1.29, 1.82) is 0 Å². The topological polar surface area (TPSA) is 64.5 Å². The van der Waals surface area contributed by atoms with E-state index in [9.17, 15) is 0 Å². The van der Waals surface area contributed by atoms with Crippen molar-refractivity contribution >= 4 is 32.7 Å². The highest BCUT2D eigenvalue weighted by Gasteiger charge is 2.14. The van der Waals surface area contributed by atoms with Crippen LogP contribution in [0.1, 0.15) is 0 Å². The lowest BCUT2D eigenvalue weighted by atomic mass is 10.0. The molecule has 0 spiro atoms. The van der Waals surface area contributed by atoms with Crippen molar-refractivity contribution in [3.05, 3.63) is 164 Å². The fourth-order valence-electron chi connectivity index (χ4n) is 6.31. The molecule has 5 nitrogen and oxygen atoms in total. The van der Waals surface area contributed by atoms with Gasteiger partial charge in [0.1, 0.15) is 0 Å². The summed E-state index contributed by atoms with van der Waals surface area (Å²) in [5.41, 5.74) is 11.3. The van der Waals surface area contributed by atoms with Crippen LogP contribution >= 0.6 is 0 Å². The molecular formula is C43H27N5. The summed E-state index contributed by atoms with van der Waals surface area (Å²) in [5, 5.41) is 3.08. The van der Waals surface area contributed by atoms with E-state index in [0.717, 1.165) is 83.3 Å². The minimum absolute atomic E-state index is 0.692. The van der Waals surface area contributed by atoms with Gasteiger partial charge in [-0.1, -0.05) is 115 Å². The van der Waals surface area contributed by atoms with Crippen molar-refractivity contribution in [2.45, 2.75) is 0 Å². The molecule has 9 aromatic rings. The summed E-state index contributed by atoms with van der Waals surface area (Å²) >= 11 is 0. The van der Waals surface area contributed by atoms with E-state index in [2.05, 4.69) is 120 Å². The zero-order valence-corrected chi connectivity index (χ0v) is 25.8. The Hall–Kier alpha value is -6.59. The Kier molecular flexibility index (Phi) is 6.72. The lowest BCUT2D eigenvalue weighted by Gasteiger charge is -2.12. The van der Waals surface area contributed by atoms with Crippen LogP contribution in [0.3, 0.4) is 0 Å². The SMILES string of the molecule is c1ccc(-c2cccc(-c3nc(-c4cccc(-c5ccc6ccc7ccc(-c8ccccn8)nc7c6n5)c4)c4ccccc4n3)c2)cc1. The summed E-state index contributed by atoms with van der Waals surface area (Å²) in [6, 6.07) is 53.9. The third kappa shape index (κ3) is 5.04. The van der Waals surface area contributed by atoms with Crippen molar-refractivity contribution in [2.75, 3.05) is 0 Å². The molecule has 0 aliphatic carbocycles. The molecule has 0 fully saturated rings. The van der Waals surface area contributed by atoms with Crippen LogP contribution in [0, 0.1) is 0 Å². The van der Waals surface area contributed by atoms with Gasteiger partial charge in [0, 0.05) is 39.0 Å². The van der Waals surface area contributed by atoms with Crippen LogP contribution in [0.15, 0.2) is 164 Å². The first-order valence-corrected chi connectivity index (χ1v) is 15.9. The van der Waals surface area contributed by atoms with E-state index in [-0.39, 0.29) is 0 Å². The van der Waals surface area contributed by atoms with Gasteiger partial charge in [0.2, 0.25) is 0 Å². The number of hydrogen-bond donors (Lipinski definition) is 0. The Morgan fingerprint density at radius 2 is 0.979 bits per heavy atom. The van der Waals surface area contributed by atoms with Crippen LogP contribution in [0.2, 0.25) is 0 Å². The van der Waals surface area contributed by atoms with Crippen molar-refractivity contribution in [1.82, 2.24) is 24.9 Å². The highest BCUT2D eigenvalue weighted by Crippen LogP contribution is 2.34. The number of para-hydroxylation sites is 1. The Labute approximate surface area is 277 Å². The number of aromatic nitrogens is 5. The van der Waals surface area contributed by atoms with Gasteiger partial charge in [-0.05, 0) is 53.6 Å². The van der Waals surface area contributed by atoms with Gasteiger partial charge in [-0.25, -0.2) is 19.9 Å². The molecule has 0 atom stereocenters. The predicted molar refractivity (Wildman–Crippen MR) is 195 cm³/mol. The predicted octanol–water partition coefficient (Wildman–Crippen LogP) is 10.5. The normalized spacial score (nSPS) is 11.3. The zero-order valence-electron chi connectivity index (χ0n) is 25.8. The molecule has 4 aromatic heterocycles. The van der Waals surface area contributed by atoms with Crippen LogP contribution in [0.4, 0.5) is 0 Å². The summed E-state index contributed by atoms with van der Waals surface area (Å²) in [6.07, 6.45) is 1.79. The molecule has 224 valence electrons. The second-order valence-corrected chi connectivity index (χ2v) is 11.8. The first kappa shape index (κ1) is 27.7. The lowest BCUT2D eigenvalue weighted by Crippen LogP contribution is -1.96. The zero-order chi connectivity index (χ0) is 31.9. The Balaban J connectivity index is 1.16. The lowest BCUT2D eigenvalue weighted by molar-refractivity contribution is 1.23. The van der Waals surface area contributed by atoms with E-state index in [1.54, 1.807) is 6.20 Å². The van der Waals surface area contributed by atoms with Crippen molar-refractivity contribution in [2.24, 2.45) is 0 Å². The Morgan fingerprint density at radius 1 is 0.354 bits per heavy atom. The first-order chi connectivity index (χ1) is 23.8. The van der Waals surface area contributed by atoms with Crippen LogP contribution < -0.4 is 0 Å². The van der Waals surface area contributed by atoms with Crippen LogP contribution in [-0.4, -0.2) is 24.9 Å². The van der Waals surface area contributed by atoms with Gasteiger partial charge in [0.05, 0.1) is 39.3 Å². The standard InChI is InChI=1S/C43H27N5/c1-2-10-28(11-3-1)31-12-8-15-34(26-31)43-47-37-17-5-4-16-35(37)40(48-43)33-14-9-13-32(27-33)36-23-21-29-19-20-30-22-24-39(38-18-6-7-25-44-38)46-42(30)41(29)45-36/h1-27H. The average molecular weight is 614 g/mol.